The Morgan fingerprint density at radius 1 is 1.09 bits per heavy atom. The minimum absolute atomic E-state index is 0.0651. The summed E-state index contributed by atoms with van der Waals surface area (Å²) in [4.78, 5) is 29.1. The van der Waals surface area contributed by atoms with Crippen LogP contribution in [0, 0.1) is 0 Å². The van der Waals surface area contributed by atoms with Gasteiger partial charge in [-0.3, -0.25) is 9.59 Å². The van der Waals surface area contributed by atoms with Crippen molar-refractivity contribution in [2.24, 2.45) is 0 Å². The Labute approximate surface area is 130 Å². The molecular formula is C16H23N3O3+2. The molecule has 2 N–H and O–H groups in total. The number of quaternary nitrogens is 2. The molecule has 0 radical (unpaired) electrons. The second-order valence-electron chi connectivity index (χ2n) is 6.14. The molecule has 2 heterocycles. The van der Waals surface area contributed by atoms with E-state index < -0.39 is 0 Å². The number of methoxy groups -OCH3 is 1. The van der Waals surface area contributed by atoms with Gasteiger partial charge in [0, 0.05) is 0 Å². The van der Waals surface area contributed by atoms with Gasteiger partial charge in [0.1, 0.15) is 31.9 Å². The molecule has 22 heavy (non-hydrogen) atoms. The van der Waals surface area contributed by atoms with Crippen LogP contribution in [0.2, 0.25) is 0 Å². The Morgan fingerprint density at radius 2 is 1.73 bits per heavy atom. The van der Waals surface area contributed by atoms with Crippen molar-refractivity contribution in [1.29, 1.82) is 0 Å². The number of carbonyl (C=O) groups excluding carboxylic acids is 2. The van der Waals surface area contributed by atoms with E-state index in [1.54, 1.807) is 31.4 Å². The van der Waals surface area contributed by atoms with Crippen molar-refractivity contribution in [1.82, 2.24) is 0 Å². The third kappa shape index (κ3) is 2.71. The quantitative estimate of drug-likeness (QED) is 0.620. The molecule has 2 aliphatic rings. The number of rotatable bonds is 3. The van der Waals surface area contributed by atoms with Crippen LogP contribution in [-0.4, -0.2) is 58.2 Å². The molecule has 2 fully saturated rings. The van der Waals surface area contributed by atoms with E-state index in [1.807, 2.05) is 0 Å². The van der Waals surface area contributed by atoms with E-state index in [2.05, 4.69) is 7.05 Å². The van der Waals surface area contributed by atoms with Crippen LogP contribution in [0.3, 0.4) is 0 Å². The van der Waals surface area contributed by atoms with Crippen molar-refractivity contribution in [3.8, 4) is 5.75 Å². The normalized spacial score (nSPS) is 29.0. The van der Waals surface area contributed by atoms with E-state index in [-0.39, 0.29) is 17.9 Å². The minimum atomic E-state index is -0.220. The van der Waals surface area contributed by atoms with Crippen molar-refractivity contribution >= 4 is 17.5 Å². The number of anilines is 1. The second-order valence-corrected chi connectivity index (χ2v) is 6.14. The molecule has 2 amide bonds. The smallest absolute Gasteiger partial charge is 0.292 e. The number of nitrogens with zero attached hydrogens (tertiary/aromatic N) is 1. The number of imide groups is 1. The predicted octanol–water partition coefficient (Wildman–Crippen LogP) is -2.26. The van der Waals surface area contributed by atoms with E-state index in [0.717, 1.165) is 26.2 Å². The molecule has 1 atom stereocenters. The Balaban J connectivity index is 1.76. The third-order valence-corrected chi connectivity index (χ3v) is 4.72. The van der Waals surface area contributed by atoms with Gasteiger partial charge in [-0.1, -0.05) is 0 Å². The van der Waals surface area contributed by atoms with Gasteiger partial charge in [-0.2, -0.15) is 0 Å². The molecule has 118 valence electrons. The summed E-state index contributed by atoms with van der Waals surface area (Å²) in [7, 11) is 3.76. The number of benzene rings is 1. The largest absolute Gasteiger partial charge is 0.497 e. The van der Waals surface area contributed by atoms with E-state index in [9.17, 15) is 9.59 Å². The molecule has 1 aromatic carbocycles. The number of piperazine rings is 1. The first-order chi connectivity index (χ1) is 10.6. The van der Waals surface area contributed by atoms with E-state index >= 15 is 0 Å². The lowest BCUT2D eigenvalue weighted by molar-refractivity contribution is -1.01. The summed E-state index contributed by atoms with van der Waals surface area (Å²) in [5.41, 5.74) is 0.637. The summed E-state index contributed by atoms with van der Waals surface area (Å²) < 4.78 is 5.12. The van der Waals surface area contributed by atoms with Crippen LogP contribution in [0.4, 0.5) is 5.69 Å². The molecule has 1 aromatic rings. The maximum Gasteiger partial charge on any atom is 0.292 e. The maximum atomic E-state index is 12.7. The molecule has 6 nitrogen and oxygen atoms in total. The molecule has 1 unspecified atom stereocenters. The lowest BCUT2D eigenvalue weighted by Crippen LogP contribution is -3.29. The fraction of sp³-hybridized carbons (Fsp3) is 0.500. The molecule has 0 spiro atoms. The van der Waals surface area contributed by atoms with E-state index in [0.29, 0.717) is 17.9 Å². The molecule has 2 saturated heterocycles. The number of hydrogen-bond donors (Lipinski definition) is 2. The number of likely N-dealkylation sites (N-methyl/N-ethyl adjacent to an activating group) is 1. The molecule has 6 heteroatoms. The average Bonchev–Trinajstić information content (AvgIpc) is 2.83. The van der Waals surface area contributed by atoms with Crippen LogP contribution in [-0.2, 0) is 9.59 Å². The van der Waals surface area contributed by atoms with Crippen molar-refractivity contribution < 1.29 is 24.1 Å². The van der Waals surface area contributed by atoms with Crippen molar-refractivity contribution in [3.05, 3.63) is 24.3 Å². The highest BCUT2D eigenvalue weighted by Crippen LogP contribution is 2.24. The third-order valence-electron chi connectivity index (χ3n) is 4.72. The molecule has 2 aliphatic heterocycles. The Hall–Kier alpha value is -1.92. The van der Waals surface area contributed by atoms with E-state index in [1.165, 1.54) is 14.7 Å². The first-order valence-electron chi connectivity index (χ1n) is 7.77. The van der Waals surface area contributed by atoms with E-state index in [4.69, 9.17) is 4.74 Å². The Bertz CT molecular complexity index is 565. The second kappa shape index (κ2) is 6.06. The monoisotopic (exact) mass is 305 g/mol. The highest BCUT2D eigenvalue weighted by atomic mass is 16.5. The van der Waals surface area contributed by atoms with Gasteiger partial charge >= 0.3 is 0 Å². The van der Waals surface area contributed by atoms with Gasteiger partial charge in [0.05, 0.1) is 26.3 Å². The first kappa shape index (κ1) is 15.0. The summed E-state index contributed by atoms with van der Waals surface area (Å²) in [6, 6.07) is 6.86. The average molecular weight is 305 g/mol. The Kier molecular flexibility index (Phi) is 4.13. The zero-order valence-corrected chi connectivity index (χ0v) is 13.1. The molecule has 3 rings (SSSR count). The zero-order valence-electron chi connectivity index (χ0n) is 13.1. The Morgan fingerprint density at radius 3 is 2.32 bits per heavy atom. The van der Waals surface area contributed by atoms with Crippen LogP contribution in [0.15, 0.2) is 24.3 Å². The van der Waals surface area contributed by atoms with Gasteiger partial charge < -0.3 is 14.5 Å². The highest BCUT2D eigenvalue weighted by Gasteiger charge is 2.46. The first-order valence-corrected chi connectivity index (χ1v) is 7.77. The molecule has 0 aromatic heterocycles. The lowest BCUT2D eigenvalue weighted by Gasteiger charge is -2.30. The number of ether oxygens (including phenoxy) is 1. The van der Waals surface area contributed by atoms with Crippen LogP contribution >= 0.6 is 0 Å². The van der Waals surface area contributed by atoms with Crippen molar-refractivity contribution in [3.63, 3.8) is 0 Å². The summed E-state index contributed by atoms with van der Waals surface area (Å²) in [5.74, 6) is 0.552. The van der Waals surface area contributed by atoms with Gasteiger partial charge in [0.2, 0.25) is 5.91 Å². The molecular weight excluding hydrogens is 282 g/mol. The SMILES string of the molecule is COc1ccc(N2C(=O)CC([NH+]3CC[NH+](C)CC3)C2=O)cc1. The molecule has 0 aliphatic carbocycles. The summed E-state index contributed by atoms with van der Waals surface area (Å²) in [6.45, 7) is 4.00. The number of nitrogens with one attached hydrogen (secondary N) is 2. The minimum Gasteiger partial charge on any atom is -0.497 e. The number of hydrogen-bond acceptors (Lipinski definition) is 3. The highest BCUT2D eigenvalue weighted by molar-refractivity contribution is 6.21. The molecule has 0 saturated carbocycles. The van der Waals surface area contributed by atoms with Crippen molar-refractivity contribution in [2.75, 3.05) is 45.2 Å². The van der Waals surface area contributed by atoms with Crippen LogP contribution in [0.1, 0.15) is 6.42 Å². The molecule has 0 bridgehead atoms. The van der Waals surface area contributed by atoms with Gasteiger partial charge in [0.25, 0.3) is 5.91 Å². The standard InChI is InChI=1S/C16H21N3O3/c1-17-7-9-18(10-8-17)14-11-15(20)19(16(14)21)12-3-5-13(22-2)6-4-12/h3-6,14H,7-11H2,1-2H3/p+2. The number of carbonyl (C=O) groups is 2. The lowest BCUT2D eigenvalue weighted by atomic mass is 10.2. The summed E-state index contributed by atoms with van der Waals surface area (Å²) in [5, 5.41) is 0. The van der Waals surface area contributed by atoms with Crippen LogP contribution < -0.4 is 19.4 Å². The summed E-state index contributed by atoms with van der Waals surface area (Å²) in [6.07, 6.45) is 0.319. The van der Waals surface area contributed by atoms with Gasteiger partial charge in [-0.05, 0) is 24.3 Å². The van der Waals surface area contributed by atoms with Crippen LogP contribution in [0.5, 0.6) is 5.75 Å². The summed E-state index contributed by atoms with van der Waals surface area (Å²) >= 11 is 0. The predicted molar refractivity (Wildman–Crippen MR) is 81.2 cm³/mol. The van der Waals surface area contributed by atoms with Gasteiger partial charge in [-0.25, -0.2) is 4.90 Å². The number of amides is 2. The topological polar surface area (TPSA) is 55.5 Å². The van der Waals surface area contributed by atoms with Gasteiger partial charge in [0.15, 0.2) is 6.04 Å². The van der Waals surface area contributed by atoms with Gasteiger partial charge in [-0.15, -0.1) is 0 Å². The zero-order chi connectivity index (χ0) is 15.7. The van der Waals surface area contributed by atoms with Crippen molar-refractivity contribution in [2.45, 2.75) is 12.5 Å². The fourth-order valence-electron chi connectivity index (χ4n) is 3.30. The maximum absolute atomic E-state index is 12.7. The van der Waals surface area contributed by atoms with Crippen LogP contribution in [0.25, 0.3) is 0 Å². The fourth-order valence-corrected chi connectivity index (χ4v) is 3.30.